The predicted molar refractivity (Wildman–Crippen MR) is 122 cm³/mol. The van der Waals surface area contributed by atoms with Gasteiger partial charge in [0.15, 0.2) is 0 Å². The fourth-order valence-electron chi connectivity index (χ4n) is 6.50. The van der Waals surface area contributed by atoms with Crippen molar-refractivity contribution in [2.45, 2.75) is 64.8 Å². The van der Waals surface area contributed by atoms with Gasteiger partial charge in [-0.05, 0) is 95.7 Å². The third-order valence-corrected chi connectivity index (χ3v) is 8.07. The van der Waals surface area contributed by atoms with Gasteiger partial charge in [0.1, 0.15) is 6.04 Å². The number of hydrogen-bond acceptors (Lipinski definition) is 3. The molecular weight excluding hydrogens is 458 g/mol. The summed E-state index contributed by atoms with van der Waals surface area (Å²) in [6, 6.07) is 6.33. The Morgan fingerprint density at radius 3 is 2.13 bits per heavy atom. The zero-order valence-electron chi connectivity index (χ0n) is 18.2. The average molecular weight is 490 g/mol. The summed E-state index contributed by atoms with van der Waals surface area (Å²) in [5, 5.41) is 2.79. The third-order valence-electron chi connectivity index (χ3n) is 7.38. The molecule has 1 aromatic rings. The van der Waals surface area contributed by atoms with Crippen LogP contribution in [0.1, 0.15) is 69.2 Å². The molecule has 3 amide bonds. The van der Waals surface area contributed by atoms with Crippen molar-refractivity contribution in [3.63, 3.8) is 0 Å². The van der Waals surface area contributed by atoms with Crippen molar-refractivity contribution in [3.05, 3.63) is 34.3 Å². The summed E-state index contributed by atoms with van der Waals surface area (Å²) in [4.78, 5) is 38.1. The Bertz CT molecular complexity index is 834. The molecule has 4 bridgehead atoms. The Hall–Kier alpha value is -1.89. The van der Waals surface area contributed by atoms with Crippen LogP contribution in [0.2, 0.25) is 0 Å². The topological polar surface area (TPSA) is 87.3 Å². The molecule has 0 heterocycles. The fourth-order valence-corrected chi connectivity index (χ4v) is 6.96. The molecule has 7 heteroatoms. The molecule has 1 aromatic carbocycles. The Morgan fingerprint density at radius 1 is 1.00 bits per heavy atom. The van der Waals surface area contributed by atoms with Gasteiger partial charge in [-0.2, -0.15) is 0 Å². The summed E-state index contributed by atoms with van der Waals surface area (Å²) >= 11 is 3.37. The van der Waals surface area contributed by atoms with E-state index in [4.69, 9.17) is 0 Å². The van der Waals surface area contributed by atoms with Crippen molar-refractivity contribution in [2.75, 3.05) is 0 Å². The van der Waals surface area contributed by atoms with Gasteiger partial charge in [0.25, 0.3) is 11.8 Å². The number of carbonyl (C=O) groups excluding carboxylic acids is 3. The maximum absolute atomic E-state index is 12.8. The van der Waals surface area contributed by atoms with Crippen molar-refractivity contribution in [3.8, 4) is 0 Å². The van der Waals surface area contributed by atoms with Gasteiger partial charge in [0, 0.05) is 10.9 Å². The van der Waals surface area contributed by atoms with Crippen LogP contribution in [0.3, 0.4) is 0 Å². The highest BCUT2D eigenvalue weighted by molar-refractivity contribution is 9.10. The first-order valence-corrected chi connectivity index (χ1v) is 12.2. The van der Waals surface area contributed by atoms with E-state index in [0.29, 0.717) is 16.5 Å². The molecule has 5 rings (SSSR count). The van der Waals surface area contributed by atoms with E-state index in [1.807, 2.05) is 19.9 Å². The number of amides is 3. The molecule has 0 aromatic heterocycles. The maximum Gasteiger partial charge on any atom is 0.261 e. The van der Waals surface area contributed by atoms with Gasteiger partial charge in [-0.3, -0.25) is 25.2 Å². The Morgan fingerprint density at radius 2 is 1.58 bits per heavy atom. The molecule has 168 valence electrons. The van der Waals surface area contributed by atoms with Gasteiger partial charge in [0.05, 0.1) is 5.56 Å². The SMILES string of the molecule is CC(C)[C@H](NC(=O)c1ccccc1Br)C(=O)NNC(=O)CC12CC3CC(CC(C3)C1)C2. The predicted octanol–water partition coefficient (Wildman–Crippen LogP) is 3.96. The van der Waals surface area contributed by atoms with Crippen LogP contribution in [0.4, 0.5) is 0 Å². The van der Waals surface area contributed by atoms with Gasteiger partial charge >= 0.3 is 0 Å². The number of nitrogens with one attached hydrogen (secondary N) is 3. The lowest BCUT2D eigenvalue weighted by atomic mass is 9.49. The monoisotopic (exact) mass is 489 g/mol. The Labute approximate surface area is 192 Å². The van der Waals surface area contributed by atoms with Gasteiger partial charge in [-0.1, -0.05) is 26.0 Å². The zero-order chi connectivity index (χ0) is 22.2. The normalized spacial score (nSPS) is 29.5. The summed E-state index contributed by atoms with van der Waals surface area (Å²) in [6.07, 6.45) is 7.94. The highest BCUT2D eigenvalue weighted by Crippen LogP contribution is 2.61. The second-order valence-electron chi connectivity index (χ2n) is 10.3. The van der Waals surface area contributed by atoms with Crippen molar-refractivity contribution in [1.82, 2.24) is 16.2 Å². The van der Waals surface area contributed by atoms with Crippen molar-refractivity contribution in [2.24, 2.45) is 29.1 Å². The summed E-state index contributed by atoms with van der Waals surface area (Å²) < 4.78 is 0.666. The van der Waals surface area contributed by atoms with Gasteiger partial charge < -0.3 is 5.32 Å². The van der Waals surface area contributed by atoms with Gasteiger partial charge in [-0.15, -0.1) is 0 Å². The van der Waals surface area contributed by atoms with Crippen molar-refractivity contribution >= 4 is 33.7 Å². The van der Waals surface area contributed by atoms with Crippen LogP contribution < -0.4 is 16.2 Å². The molecule has 3 N–H and O–H groups in total. The van der Waals surface area contributed by atoms with Gasteiger partial charge in [-0.25, -0.2) is 0 Å². The highest BCUT2D eigenvalue weighted by Gasteiger charge is 2.51. The summed E-state index contributed by atoms with van der Waals surface area (Å²) in [5.74, 6) is 1.35. The molecule has 0 aliphatic heterocycles. The van der Waals surface area contributed by atoms with E-state index in [0.717, 1.165) is 37.0 Å². The lowest BCUT2D eigenvalue weighted by Crippen LogP contribution is -2.55. The summed E-state index contributed by atoms with van der Waals surface area (Å²) in [6.45, 7) is 3.73. The minimum Gasteiger partial charge on any atom is -0.340 e. The highest BCUT2D eigenvalue weighted by atomic mass is 79.9. The van der Waals surface area contributed by atoms with Crippen LogP contribution in [-0.2, 0) is 9.59 Å². The second-order valence-corrected chi connectivity index (χ2v) is 11.2. The van der Waals surface area contributed by atoms with Crippen molar-refractivity contribution < 1.29 is 14.4 Å². The summed E-state index contributed by atoms with van der Waals surface area (Å²) in [5.41, 5.74) is 5.76. The molecule has 0 radical (unpaired) electrons. The molecule has 6 nitrogen and oxygen atoms in total. The van der Waals surface area contributed by atoms with Crippen LogP contribution >= 0.6 is 15.9 Å². The quantitative estimate of drug-likeness (QED) is 0.528. The van der Waals surface area contributed by atoms with E-state index in [-0.39, 0.29) is 23.1 Å². The minimum absolute atomic E-state index is 0.120. The third kappa shape index (κ3) is 4.97. The number of hydrogen-bond donors (Lipinski definition) is 3. The first-order chi connectivity index (χ1) is 14.7. The first kappa shape index (κ1) is 22.3. The number of carbonyl (C=O) groups is 3. The lowest BCUT2D eigenvalue weighted by Gasteiger charge is -2.56. The summed E-state index contributed by atoms with van der Waals surface area (Å²) in [7, 11) is 0. The molecule has 4 fully saturated rings. The molecule has 1 atom stereocenters. The number of halogens is 1. The Balaban J connectivity index is 1.31. The fraction of sp³-hybridized carbons (Fsp3) is 0.625. The van der Waals surface area contributed by atoms with Crippen molar-refractivity contribution in [1.29, 1.82) is 0 Å². The second kappa shape index (κ2) is 8.93. The largest absolute Gasteiger partial charge is 0.340 e. The van der Waals surface area contributed by atoms with E-state index in [2.05, 4.69) is 32.1 Å². The smallest absolute Gasteiger partial charge is 0.261 e. The minimum atomic E-state index is -0.751. The number of hydrazine groups is 1. The molecular formula is C24H32BrN3O3. The van der Waals surface area contributed by atoms with E-state index >= 15 is 0 Å². The number of benzene rings is 1. The maximum atomic E-state index is 12.8. The molecule has 0 unspecified atom stereocenters. The van der Waals surface area contributed by atoms with Crippen LogP contribution in [0.15, 0.2) is 28.7 Å². The van der Waals surface area contributed by atoms with E-state index in [1.54, 1.807) is 18.2 Å². The molecule has 31 heavy (non-hydrogen) atoms. The van der Waals surface area contributed by atoms with E-state index in [1.165, 1.54) is 19.3 Å². The number of rotatable bonds is 6. The van der Waals surface area contributed by atoms with Crippen LogP contribution in [0.5, 0.6) is 0 Å². The van der Waals surface area contributed by atoms with Crippen LogP contribution in [0, 0.1) is 29.1 Å². The average Bonchev–Trinajstić information content (AvgIpc) is 2.68. The Kier molecular flexibility index (Phi) is 6.42. The zero-order valence-corrected chi connectivity index (χ0v) is 19.8. The van der Waals surface area contributed by atoms with Gasteiger partial charge in [0.2, 0.25) is 5.91 Å². The molecule has 4 saturated carbocycles. The lowest BCUT2D eigenvalue weighted by molar-refractivity contribution is -0.135. The standard InChI is InChI=1S/C24H32BrN3O3/c1-14(2)21(26-22(30)18-5-3-4-6-19(18)25)23(31)28-27-20(29)13-24-10-15-7-16(11-24)9-17(8-15)12-24/h3-6,14-17,21H,7-13H2,1-2H3,(H,26,30)(H,27,29)(H,28,31)/t15?,16?,17?,21-,24?/m0/s1. The van der Waals surface area contributed by atoms with E-state index in [9.17, 15) is 14.4 Å². The molecule has 4 aliphatic carbocycles. The van der Waals surface area contributed by atoms with Crippen LogP contribution in [-0.4, -0.2) is 23.8 Å². The molecule has 0 spiro atoms. The van der Waals surface area contributed by atoms with E-state index < -0.39 is 11.9 Å². The molecule has 0 saturated heterocycles. The first-order valence-electron chi connectivity index (χ1n) is 11.4. The van der Waals surface area contributed by atoms with Crippen LogP contribution in [0.25, 0.3) is 0 Å². The molecule has 4 aliphatic rings.